The molecule has 0 bridgehead atoms. The number of alkyl halides is 3. The highest BCUT2D eigenvalue weighted by Gasteiger charge is 2.41. The Morgan fingerprint density at radius 1 is 1.37 bits per heavy atom. The van der Waals surface area contributed by atoms with Gasteiger partial charge in [0.05, 0.1) is 23.8 Å². The summed E-state index contributed by atoms with van der Waals surface area (Å²) in [4.78, 5) is 0. The van der Waals surface area contributed by atoms with E-state index in [4.69, 9.17) is 10.4 Å². The number of rotatable bonds is 4. The third-order valence-electron chi connectivity index (χ3n) is 3.41. The molecule has 1 saturated carbocycles. The van der Waals surface area contributed by atoms with Crippen molar-refractivity contribution in [1.82, 2.24) is 0 Å². The van der Waals surface area contributed by atoms with E-state index in [1.165, 1.54) is 12.1 Å². The Bertz CT molecular complexity index is 516. The molecule has 0 radical (unpaired) electrons. The molecule has 1 aromatic carbocycles. The molecular formula is C13H13F3N2O. The highest BCUT2D eigenvalue weighted by Crippen LogP contribution is 2.45. The zero-order chi connectivity index (χ0) is 14.1. The molecule has 2 N–H and O–H groups in total. The second kappa shape index (κ2) is 4.74. The van der Waals surface area contributed by atoms with Crippen molar-refractivity contribution in [3.63, 3.8) is 0 Å². The molecule has 0 heterocycles. The zero-order valence-corrected chi connectivity index (χ0v) is 10.1. The van der Waals surface area contributed by atoms with Crippen molar-refractivity contribution >= 4 is 5.69 Å². The Balaban J connectivity index is 2.14. The Morgan fingerprint density at radius 2 is 2.05 bits per heavy atom. The van der Waals surface area contributed by atoms with Crippen LogP contribution in [0.2, 0.25) is 0 Å². The van der Waals surface area contributed by atoms with E-state index in [-0.39, 0.29) is 12.0 Å². The van der Waals surface area contributed by atoms with E-state index in [0.29, 0.717) is 12.2 Å². The van der Waals surface area contributed by atoms with Gasteiger partial charge in [0.25, 0.3) is 0 Å². The first-order chi connectivity index (χ1) is 8.90. The van der Waals surface area contributed by atoms with Gasteiger partial charge in [-0.25, -0.2) is 0 Å². The number of hydrogen-bond acceptors (Lipinski definition) is 3. The Morgan fingerprint density at radius 3 is 2.53 bits per heavy atom. The monoisotopic (exact) mass is 270 g/mol. The summed E-state index contributed by atoms with van der Waals surface area (Å²) in [7, 11) is 0. The van der Waals surface area contributed by atoms with Crippen molar-refractivity contribution in [3.8, 4) is 6.07 Å². The predicted octanol–water partition coefficient (Wildman–Crippen LogP) is 2.76. The topological polar surface area (TPSA) is 56.0 Å². The maximum atomic E-state index is 12.6. The molecule has 6 heteroatoms. The molecule has 0 spiro atoms. The Kier molecular flexibility index (Phi) is 3.42. The first-order valence-corrected chi connectivity index (χ1v) is 5.86. The average molecular weight is 270 g/mol. The third kappa shape index (κ3) is 2.99. The van der Waals surface area contributed by atoms with Crippen LogP contribution < -0.4 is 5.32 Å². The van der Waals surface area contributed by atoms with Crippen molar-refractivity contribution in [2.24, 2.45) is 5.41 Å². The van der Waals surface area contributed by atoms with Gasteiger partial charge in [0.15, 0.2) is 0 Å². The average Bonchev–Trinajstić information content (AvgIpc) is 3.15. The summed E-state index contributed by atoms with van der Waals surface area (Å²) < 4.78 is 37.8. The van der Waals surface area contributed by atoms with Gasteiger partial charge in [-0.3, -0.25) is 0 Å². The van der Waals surface area contributed by atoms with Crippen LogP contribution in [0.25, 0.3) is 0 Å². The molecule has 3 nitrogen and oxygen atoms in total. The largest absolute Gasteiger partial charge is 0.417 e. The molecule has 0 atom stereocenters. The second-order valence-corrected chi connectivity index (χ2v) is 4.88. The summed E-state index contributed by atoms with van der Waals surface area (Å²) in [5.41, 5.74) is -1.00. The van der Waals surface area contributed by atoms with E-state index in [9.17, 15) is 13.2 Å². The lowest BCUT2D eigenvalue weighted by atomic mass is 10.1. The van der Waals surface area contributed by atoms with E-state index < -0.39 is 17.3 Å². The number of hydrogen-bond donors (Lipinski definition) is 2. The first kappa shape index (κ1) is 13.7. The van der Waals surface area contributed by atoms with Crippen LogP contribution in [0.5, 0.6) is 0 Å². The summed E-state index contributed by atoms with van der Waals surface area (Å²) in [6, 6.07) is 4.96. The number of aliphatic hydroxyl groups is 1. The van der Waals surface area contributed by atoms with Gasteiger partial charge in [0.2, 0.25) is 0 Å². The number of benzene rings is 1. The van der Waals surface area contributed by atoms with Crippen molar-refractivity contribution in [2.75, 3.05) is 18.5 Å². The van der Waals surface area contributed by atoms with Crippen LogP contribution in [0.3, 0.4) is 0 Å². The minimum Gasteiger partial charge on any atom is -0.396 e. The van der Waals surface area contributed by atoms with Gasteiger partial charge >= 0.3 is 6.18 Å². The molecule has 1 aromatic rings. The summed E-state index contributed by atoms with van der Waals surface area (Å²) in [6.07, 6.45) is -2.71. The molecule has 0 aromatic heterocycles. The molecular weight excluding hydrogens is 257 g/mol. The van der Waals surface area contributed by atoms with Gasteiger partial charge in [-0.15, -0.1) is 0 Å². The maximum Gasteiger partial charge on any atom is 0.417 e. The van der Waals surface area contributed by atoms with Crippen LogP contribution in [-0.2, 0) is 6.18 Å². The van der Waals surface area contributed by atoms with Gasteiger partial charge in [-0.1, -0.05) is 0 Å². The maximum absolute atomic E-state index is 12.6. The minimum atomic E-state index is -4.52. The Hall–Kier alpha value is -1.74. The summed E-state index contributed by atoms with van der Waals surface area (Å²) in [5.74, 6) is 0. The lowest BCUT2D eigenvalue weighted by Crippen LogP contribution is -2.19. The number of aliphatic hydroxyl groups excluding tert-OH is 1. The van der Waals surface area contributed by atoms with Gasteiger partial charge < -0.3 is 10.4 Å². The summed E-state index contributed by atoms with van der Waals surface area (Å²) in [6.45, 7) is 0.561. The number of nitrogens with zero attached hydrogens (tertiary/aromatic N) is 1. The van der Waals surface area contributed by atoms with E-state index in [1.807, 2.05) is 0 Å². The van der Waals surface area contributed by atoms with Crippen LogP contribution in [0.1, 0.15) is 24.0 Å². The molecule has 0 saturated heterocycles. The van der Waals surface area contributed by atoms with Gasteiger partial charge in [0.1, 0.15) is 0 Å². The van der Waals surface area contributed by atoms with Crippen molar-refractivity contribution in [2.45, 2.75) is 19.0 Å². The fourth-order valence-electron chi connectivity index (χ4n) is 1.85. The van der Waals surface area contributed by atoms with Gasteiger partial charge in [-0.2, -0.15) is 18.4 Å². The van der Waals surface area contributed by atoms with E-state index >= 15 is 0 Å². The first-order valence-electron chi connectivity index (χ1n) is 5.86. The van der Waals surface area contributed by atoms with Crippen molar-refractivity contribution in [3.05, 3.63) is 29.3 Å². The van der Waals surface area contributed by atoms with Crippen molar-refractivity contribution in [1.29, 1.82) is 5.26 Å². The van der Waals surface area contributed by atoms with Gasteiger partial charge in [0, 0.05) is 17.6 Å². The smallest absolute Gasteiger partial charge is 0.396 e. The standard InChI is InChI=1S/C13H13F3N2O/c14-13(15,16)11-2-1-10(5-9(11)6-17)18-7-12(8-19)3-4-12/h1-2,5,18-19H,3-4,7-8H2. The van der Waals surface area contributed by atoms with Crippen molar-refractivity contribution < 1.29 is 18.3 Å². The van der Waals surface area contributed by atoms with Gasteiger partial charge in [-0.05, 0) is 31.0 Å². The van der Waals surface area contributed by atoms with Crippen LogP contribution in [0.4, 0.5) is 18.9 Å². The molecule has 1 aliphatic carbocycles. The third-order valence-corrected chi connectivity index (χ3v) is 3.41. The van der Waals surface area contributed by atoms with E-state index in [1.54, 1.807) is 6.07 Å². The van der Waals surface area contributed by atoms with Crippen LogP contribution in [0, 0.1) is 16.7 Å². The molecule has 2 rings (SSSR count). The zero-order valence-electron chi connectivity index (χ0n) is 10.1. The predicted molar refractivity (Wildman–Crippen MR) is 63.4 cm³/mol. The molecule has 0 aliphatic heterocycles. The SMILES string of the molecule is N#Cc1cc(NCC2(CO)CC2)ccc1C(F)(F)F. The lowest BCUT2D eigenvalue weighted by Gasteiger charge is -2.15. The van der Waals surface area contributed by atoms with Crippen LogP contribution in [-0.4, -0.2) is 18.3 Å². The molecule has 1 fully saturated rings. The highest BCUT2D eigenvalue weighted by atomic mass is 19.4. The molecule has 0 amide bonds. The molecule has 0 unspecified atom stereocenters. The molecule has 19 heavy (non-hydrogen) atoms. The number of halogens is 3. The fraction of sp³-hybridized carbons (Fsp3) is 0.462. The minimum absolute atomic E-state index is 0.0613. The second-order valence-electron chi connectivity index (χ2n) is 4.88. The quantitative estimate of drug-likeness (QED) is 0.884. The number of nitriles is 1. The van der Waals surface area contributed by atoms with Crippen LogP contribution in [0.15, 0.2) is 18.2 Å². The normalized spacial score (nSPS) is 16.8. The number of nitrogens with one attached hydrogen (secondary N) is 1. The molecule has 102 valence electrons. The fourth-order valence-corrected chi connectivity index (χ4v) is 1.85. The number of anilines is 1. The Labute approximate surface area is 108 Å². The highest BCUT2D eigenvalue weighted by molar-refractivity contribution is 5.53. The van der Waals surface area contributed by atoms with E-state index in [2.05, 4.69) is 5.32 Å². The summed E-state index contributed by atoms with van der Waals surface area (Å²) in [5, 5.41) is 20.9. The van der Waals surface area contributed by atoms with E-state index in [0.717, 1.165) is 18.9 Å². The van der Waals surface area contributed by atoms with Crippen LogP contribution >= 0.6 is 0 Å². The molecule has 1 aliphatic rings. The summed E-state index contributed by atoms with van der Waals surface area (Å²) >= 11 is 0. The lowest BCUT2D eigenvalue weighted by molar-refractivity contribution is -0.137.